The SMILES string of the molecule is COC(=O)c1cc(C(=O)OC)c2c(c1)c(=O)on2CCF. The number of esters is 2. The minimum Gasteiger partial charge on any atom is -0.465 e. The highest BCUT2D eigenvalue weighted by molar-refractivity contribution is 6.06. The first-order valence-electron chi connectivity index (χ1n) is 5.94. The Bertz CT molecular complexity index is 760. The van der Waals surface area contributed by atoms with Crippen LogP contribution in [0.15, 0.2) is 21.5 Å². The van der Waals surface area contributed by atoms with Gasteiger partial charge in [-0.05, 0) is 12.1 Å². The van der Waals surface area contributed by atoms with Crippen molar-refractivity contribution in [2.75, 3.05) is 20.9 Å². The van der Waals surface area contributed by atoms with Gasteiger partial charge in [0.05, 0.1) is 37.3 Å². The maximum absolute atomic E-state index is 12.5. The molecule has 0 unspecified atom stereocenters. The predicted octanol–water partition coefficient (Wildman–Crippen LogP) is 1.14. The zero-order chi connectivity index (χ0) is 15.6. The fourth-order valence-electron chi connectivity index (χ4n) is 1.99. The number of halogens is 1. The molecule has 0 atom stereocenters. The molecule has 0 spiro atoms. The largest absolute Gasteiger partial charge is 0.465 e. The van der Waals surface area contributed by atoms with Crippen LogP contribution in [0.2, 0.25) is 0 Å². The third kappa shape index (κ3) is 2.51. The van der Waals surface area contributed by atoms with Crippen LogP contribution < -0.4 is 5.63 Å². The highest BCUT2D eigenvalue weighted by Gasteiger charge is 2.22. The lowest BCUT2D eigenvalue weighted by molar-refractivity contribution is 0.0600. The number of hydrogen-bond acceptors (Lipinski definition) is 6. The van der Waals surface area contributed by atoms with Crippen LogP contribution in [0.5, 0.6) is 0 Å². The Morgan fingerprint density at radius 3 is 2.48 bits per heavy atom. The molecule has 0 saturated heterocycles. The number of aryl methyl sites for hydroxylation is 1. The summed E-state index contributed by atoms with van der Waals surface area (Å²) in [5.74, 6) is -1.50. The van der Waals surface area contributed by atoms with E-state index in [1.807, 2.05) is 0 Å². The maximum atomic E-state index is 12.5. The van der Waals surface area contributed by atoms with Crippen LogP contribution in [0.4, 0.5) is 4.39 Å². The molecule has 2 rings (SSSR count). The van der Waals surface area contributed by atoms with E-state index in [4.69, 9.17) is 4.52 Å². The molecule has 1 aromatic carbocycles. The molecule has 112 valence electrons. The molecule has 1 aromatic heterocycles. The zero-order valence-corrected chi connectivity index (χ0v) is 11.3. The van der Waals surface area contributed by atoms with E-state index in [9.17, 15) is 18.8 Å². The molecule has 21 heavy (non-hydrogen) atoms. The average molecular weight is 297 g/mol. The van der Waals surface area contributed by atoms with Crippen molar-refractivity contribution in [1.82, 2.24) is 4.74 Å². The number of nitrogens with zero attached hydrogens (tertiary/aromatic N) is 1. The number of fused-ring (bicyclic) bond motifs is 1. The summed E-state index contributed by atoms with van der Waals surface area (Å²) in [5.41, 5.74) is -0.781. The van der Waals surface area contributed by atoms with Crippen LogP contribution in [0.1, 0.15) is 20.7 Å². The first kappa shape index (κ1) is 14.8. The number of carbonyl (C=O) groups is 2. The number of benzene rings is 1. The number of carbonyl (C=O) groups excluding carboxylic acids is 2. The lowest BCUT2D eigenvalue weighted by atomic mass is 10.1. The van der Waals surface area contributed by atoms with E-state index in [-0.39, 0.29) is 28.6 Å². The average Bonchev–Trinajstić information content (AvgIpc) is 2.81. The van der Waals surface area contributed by atoms with Crippen molar-refractivity contribution in [3.8, 4) is 0 Å². The smallest absolute Gasteiger partial charge is 0.365 e. The van der Waals surface area contributed by atoms with Gasteiger partial charge in [-0.25, -0.2) is 23.5 Å². The monoisotopic (exact) mass is 297 g/mol. The van der Waals surface area contributed by atoms with Gasteiger partial charge in [0.1, 0.15) is 12.2 Å². The van der Waals surface area contributed by atoms with Crippen molar-refractivity contribution < 1.29 is 28.0 Å². The second-order valence-electron chi connectivity index (χ2n) is 4.07. The van der Waals surface area contributed by atoms with E-state index in [1.54, 1.807) is 0 Å². The molecule has 0 amide bonds. The van der Waals surface area contributed by atoms with Crippen LogP contribution in [-0.4, -0.2) is 37.6 Å². The van der Waals surface area contributed by atoms with Gasteiger partial charge >= 0.3 is 17.6 Å². The molecule has 0 aliphatic heterocycles. The van der Waals surface area contributed by atoms with Crippen molar-refractivity contribution in [2.24, 2.45) is 0 Å². The van der Waals surface area contributed by atoms with Gasteiger partial charge < -0.3 is 14.0 Å². The van der Waals surface area contributed by atoms with Crippen LogP contribution in [0.3, 0.4) is 0 Å². The highest BCUT2D eigenvalue weighted by Crippen LogP contribution is 2.21. The standard InChI is InChI=1S/C13H12FNO6/c1-19-11(16)7-5-8(12(17)20-2)10-9(6-7)13(18)21-15(10)4-3-14/h5-6H,3-4H2,1-2H3. The van der Waals surface area contributed by atoms with Crippen molar-refractivity contribution >= 4 is 22.8 Å². The van der Waals surface area contributed by atoms with Crippen molar-refractivity contribution in [2.45, 2.75) is 6.54 Å². The Balaban J connectivity index is 2.82. The Kier molecular flexibility index (Phi) is 4.06. The molecule has 0 bridgehead atoms. The lowest BCUT2D eigenvalue weighted by Crippen LogP contribution is -2.10. The zero-order valence-electron chi connectivity index (χ0n) is 11.3. The fraction of sp³-hybridized carbons (Fsp3) is 0.308. The lowest BCUT2D eigenvalue weighted by Gasteiger charge is -2.06. The van der Waals surface area contributed by atoms with Crippen LogP contribution in [0, 0.1) is 0 Å². The molecule has 0 N–H and O–H groups in total. The summed E-state index contributed by atoms with van der Waals surface area (Å²) in [4.78, 5) is 35.2. The topological polar surface area (TPSA) is 87.7 Å². The molecular formula is C13H12FNO6. The van der Waals surface area contributed by atoms with E-state index in [1.165, 1.54) is 19.2 Å². The molecule has 0 radical (unpaired) electrons. The number of aromatic nitrogens is 1. The summed E-state index contributed by atoms with van der Waals surface area (Å²) >= 11 is 0. The third-order valence-electron chi connectivity index (χ3n) is 2.89. The van der Waals surface area contributed by atoms with Gasteiger partial charge in [0, 0.05) is 0 Å². The summed E-state index contributed by atoms with van der Waals surface area (Å²) in [6, 6.07) is 2.44. The molecule has 0 saturated carbocycles. The van der Waals surface area contributed by atoms with E-state index < -0.39 is 24.2 Å². The van der Waals surface area contributed by atoms with Gasteiger partial charge in [0.25, 0.3) is 0 Å². The Hall–Kier alpha value is -2.64. The van der Waals surface area contributed by atoms with Gasteiger partial charge in [-0.3, -0.25) is 0 Å². The van der Waals surface area contributed by atoms with E-state index in [0.717, 1.165) is 11.8 Å². The van der Waals surface area contributed by atoms with Crippen molar-refractivity contribution in [3.05, 3.63) is 33.7 Å². The Morgan fingerprint density at radius 1 is 1.24 bits per heavy atom. The molecule has 2 aromatic rings. The van der Waals surface area contributed by atoms with Gasteiger partial charge in [-0.1, -0.05) is 0 Å². The minimum atomic E-state index is -0.786. The number of methoxy groups -OCH3 is 2. The fourth-order valence-corrected chi connectivity index (χ4v) is 1.99. The second-order valence-corrected chi connectivity index (χ2v) is 4.07. The number of rotatable bonds is 4. The first-order valence-corrected chi connectivity index (χ1v) is 5.94. The van der Waals surface area contributed by atoms with Crippen molar-refractivity contribution in [3.63, 3.8) is 0 Å². The quantitative estimate of drug-likeness (QED) is 0.786. The summed E-state index contributed by atoms with van der Waals surface area (Å²) < 4.78 is 27.5. The van der Waals surface area contributed by atoms with Crippen LogP contribution in [0.25, 0.3) is 10.9 Å². The normalized spacial score (nSPS) is 10.6. The third-order valence-corrected chi connectivity index (χ3v) is 2.89. The molecule has 0 aliphatic rings. The van der Waals surface area contributed by atoms with E-state index in [0.29, 0.717) is 0 Å². The summed E-state index contributed by atoms with van der Waals surface area (Å²) in [6.07, 6.45) is 0. The van der Waals surface area contributed by atoms with E-state index >= 15 is 0 Å². The molecule has 0 fully saturated rings. The molecule has 7 nitrogen and oxygen atoms in total. The molecule has 0 aliphatic carbocycles. The highest BCUT2D eigenvalue weighted by atomic mass is 19.1. The number of hydrogen-bond donors (Lipinski definition) is 0. The first-order chi connectivity index (χ1) is 10.0. The summed E-state index contributed by atoms with van der Waals surface area (Å²) in [7, 11) is 2.32. The number of ether oxygens (including phenoxy) is 2. The molecule has 8 heteroatoms. The predicted molar refractivity (Wildman–Crippen MR) is 69.1 cm³/mol. The maximum Gasteiger partial charge on any atom is 0.365 e. The van der Waals surface area contributed by atoms with E-state index in [2.05, 4.69) is 9.47 Å². The van der Waals surface area contributed by atoms with Crippen LogP contribution in [-0.2, 0) is 16.0 Å². The molecular weight excluding hydrogens is 285 g/mol. The van der Waals surface area contributed by atoms with Gasteiger partial charge in [-0.2, -0.15) is 0 Å². The van der Waals surface area contributed by atoms with Gasteiger partial charge in [0.2, 0.25) is 0 Å². The summed E-state index contributed by atoms with van der Waals surface area (Å²) in [6.45, 7) is -1.02. The van der Waals surface area contributed by atoms with Crippen molar-refractivity contribution in [1.29, 1.82) is 0 Å². The number of alkyl halides is 1. The summed E-state index contributed by atoms with van der Waals surface area (Å²) in [5, 5.41) is -0.0215. The van der Waals surface area contributed by atoms with Gasteiger partial charge in [0.15, 0.2) is 0 Å². The molecule has 1 heterocycles. The van der Waals surface area contributed by atoms with Crippen LogP contribution >= 0.6 is 0 Å². The Morgan fingerprint density at radius 2 is 1.90 bits per heavy atom. The van der Waals surface area contributed by atoms with Gasteiger partial charge in [-0.15, -0.1) is 0 Å². The second kappa shape index (κ2) is 5.78. The minimum absolute atomic E-state index is 0.00398. The Labute approximate surface area is 117 Å².